The molecule has 0 spiro atoms. The minimum atomic E-state index is -0.651. The molecule has 28 heavy (non-hydrogen) atoms. The molecule has 0 saturated carbocycles. The lowest BCUT2D eigenvalue weighted by Crippen LogP contribution is -1.97. The third-order valence-electron chi connectivity index (χ3n) is 4.92. The van der Waals surface area contributed by atoms with Crippen molar-refractivity contribution in [3.8, 4) is 11.3 Å². The molecule has 0 unspecified atom stereocenters. The number of hydrogen-bond donors (Lipinski definition) is 0. The Morgan fingerprint density at radius 2 is 1.43 bits per heavy atom. The lowest BCUT2D eigenvalue weighted by Gasteiger charge is -2.13. The second kappa shape index (κ2) is 5.65. The van der Waals surface area contributed by atoms with Crippen LogP contribution in [0.15, 0.2) is 61.1 Å². The van der Waals surface area contributed by atoms with E-state index in [1.807, 2.05) is 24.3 Å². The highest BCUT2D eigenvalue weighted by Gasteiger charge is 2.23. The first-order chi connectivity index (χ1) is 13.5. The van der Waals surface area contributed by atoms with Gasteiger partial charge in [0.1, 0.15) is 0 Å². The summed E-state index contributed by atoms with van der Waals surface area (Å²) in [5, 5.41) is 28.2. The topological polar surface area (TPSA) is 112 Å². The number of hydrogen-bond acceptors (Lipinski definition) is 6. The Bertz CT molecular complexity index is 1420. The average Bonchev–Trinajstić information content (AvgIpc) is 2.71. The zero-order valence-electron chi connectivity index (χ0n) is 14.2. The van der Waals surface area contributed by atoms with E-state index in [2.05, 4.69) is 9.97 Å². The monoisotopic (exact) mass is 370 g/mol. The van der Waals surface area contributed by atoms with Gasteiger partial charge in [0.05, 0.1) is 27.2 Å². The van der Waals surface area contributed by atoms with Gasteiger partial charge in [-0.15, -0.1) is 0 Å². The molecule has 2 aromatic heterocycles. The maximum atomic E-state index is 11.6. The van der Waals surface area contributed by atoms with E-state index in [9.17, 15) is 20.2 Å². The quantitative estimate of drug-likeness (QED) is 0.255. The normalized spacial score (nSPS) is 11.4. The molecule has 0 N–H and O–H groups in total. The summed E-state index contributed by atoms with van der Waals surface area (Å²) in [4.78, 5) is 30.0. The molecule has 0 atom stereocenters. The van der Waals surface area contributed by atoms with Crippen LogP contribution >= 0.6 is 0 Å². The molecule has 0 aliphatic rings. The van der Waals surface area contributed by atoms with Gasteiger partial charge in [-0.05, 0) is 6.07 Å². The molecule has 5 aromatic rings. The molecule has 8 nitrogen and oxygen atoms in total. The molecule has 0 radical (unpaired) electrons. The van der Waals surface area contributed by atoms with Crippen LogP contribution in [0.25, 0.3) is 43.6 Å². The SMILES string of the molecule is O=[N+]([O-])c1ccc(-c2ncc3ccc4cncc5ccc2c3c45)c([N+](=O)[O-])c1. The zero-order chi connectivity index (χ0) is 19.4. The standard InChI is InChI=1S/C20H10N4O4/c25-23(26)14-4-6-15(17(7-14)24(27)28)20-16-5-3-12-9-21-8-11-1-2-13(10-22-20)19(16)18(11)12/h1-10H. The predicted molar refractivity (Wildman–Crippen MR) is 104 cm³/mol. The van der Waals surface area contributed by atoms with E-state index in [1.54, 1.807) is 18.6 Å². The summed E-state index contributed by atoms with van der Waals surface area (Å²) in [5.41, 5.74) is -0.0235. The van der Waals surface area contributed by atoms with E-state index in [1.165, 1.54) is 12.1 Å². The largest absolute Gasteiger partial charge is 0.285 e. The smallest absolute Gasteiger partial charge is 0.263 e. The molecule has 0 fully saturated rings. The van der Waals surface area contributed by atoms with Crippen LogP contribution in [0.3, 0.4) is 0 Å². The highest BCUT2D eigenvalue weighted by molar-refractivity contribution is 6.24. The second-order valence-corrected chi connectivity index (χ2v) is 6.43. The van der Waals surface area contributed by atoms with Gasteiger partial charge < -0.3 is 0 Å². The fourth-order valence-electron chi connectivity index (χ4n) is 3.70. The maximum absolute atomic E-state index is 11.6. The molecule has 2 heterocycles. The number of rotatable bonds is 3. The first-order valence-corrected chi connectivity index (χ1v) is 8.35. The van der Waals surface area contributed by atoms with Gasteiger partial charge in [-0.25, -0.2) is 0 Å². The number of aromatic nitrogens is 2. The van der Waals surface area contributed by atoms with Crippen molar-refractivity contribution in [3.63, 3.8) is 0 Å². The van der Waals surface area contributed by atoms with Crippen LogP contribution in [0.5, 0.6) is 0 Å². The molecular formula is C20H10N4O4. The van der Waals surface area contributed by atoms with Crippen molar-refractivity contribution in [2.75, 3.05) is 0 Å². The third-order valence-corrected chi connectivity index (χ3v) is 4.92. The van der Waals surface area contributed by atoms with Crippen LogP contribution < -0.4 is 0 Å². The van der Waals surface area contributed by atoms with Gasteiger partial charge in [0.25, 0.3) is 11.4 Å². The molecule has 0 aliphatic carbocycles. The van der Waals surface area contributed by atoms with Crippen molar-refractivity contribution >= 4 is 43.7 Å². The van der Waals surface area contributed by atoms with Crippen molar-refractivity contribution in [1.82, 2.24) is 9.97 Å². The number of benzene rings is 3. The van der Waals surface area contributed by atoms with E-state index in [0.717, 1.165) is 38.4 Å². The Morgan fingerprint density at radius 1 is 0.750 bits per heavy atom. The Balaban J connectivity index is 1.90. The Hall–Kier alpha value is -4.20. The molecule has 0 amide bonds. The molecular weight excluding hydrogens is 360 g/mol. The molecule has 8 heteroatoms. The van der Waals surface area contributed by atoms with Gasteiger partial charge in [0.15, 0.2) is 0 Å². The summed E-state index contributed by atoms with van der Waals surface area (Å²) in [6.07, 6.45) is 5.22. The number of non-ortho nitro benzene ring substituents is 1. The summed E-state index contributed by atoms with van der Waals surface area (Å²) in [6.45, 7) is 0. The van der Waals surface area contributed by atoms with Gasteiger partial charge in [-0.3, -0.25) is 30.2 Å². The Labute approximate surface area is 156 Å². The fraction of sp³-hybridized carbons (Fsp3) is 0. The van der Waals surface area contributed by atoms with E-state index in [-0.39, 0.29) is 16.9 Å². The summed E-state index contributed by atoms with van der Waals surface area (Å²) in [7, 11) is 0. The van der Waals surface area contributed by atoms with Gasteiger partial charge in [-0.2, -0.15) is 0 Å². The van der Waals surface area contributed by atoms with Crippen molar-refractivity contribution < 1.29 is 9.85 Å². The van der Waals surface area contributed by atoms with Crippen LogP contribution in [0.1, 0.15) is 0 Å². The number of nitro groups is 2. The van der Waals surface area contributed by atoms with Gasteiger partial charge in [0, 0.05) is 57.0 Å². The summed E-state index contributed by atoms with van der Waals surface area (Å²) in [5.74, 6) is 0. The first kappa shape index (κ1) is 16.0. The van der Waals surface area contributed by atoms with E-state index < -0.39 is 9.85 Å². The highest BCUT2D eigenvalue weighted by atomic mass is 16.6. The van der Waals surface area contributed by atoms with Crippen LogP contribution in [0, 0.1) is 20.2 Å². The highest BCUT2D eigenvalue weighted by Crippen LogP contribution is 2.40. The van der Waals surface area contributed by atoms with E-state index >= 15 is 0 Å². The van der Waals surface area contributed by atoms with Gasteiger partial charge in [0.2, 0.25) is 0 Å². The van der Waals surface area contributed by atoms with Crippen LogP contribution in [0.4, 0.5) is 11.4 Å². The Kier molecular flexibility index (Phi) is 3.23. The van der Waals surface area contributed by atoms with Crippen LogP contribution in [0.2, 0.25) is 0 Å². The Morgan fingerprint density at radius 3 is 2.11 bits per heavy atom. The van der Waals surface area contributed by atoms with Crippen LogP contribution in [-0.2, 0) is 0 Å². The number of nitro benzene ring substituents is 2. The zero-order valence-corrected chi connectivity index (χ0v) is 14.2. The fourth-order valence-corrected chi connectivity index (χ4v) is 3.70. The molecule has 3 aromatic carbocycles. The molecule has 0 aliphatic heterocycles. The number of pyridine rings is 2. The van der Waals surface area contributed by atoms with Crippen molar-refractivity contribution in [2.24, 2.45) is 0 Å². The summed E-state index contributed by atoms with van der Waals surface area (Å²) >= 11 is 0. The van der Waals surface area contributed by atoms with Crippen LogP contribution in [-0.4, -0.2) is 19.8 Å². The van der Waals surface area contributed by atoms with Crippen molar-refractivity contribution in [1.29, 1.82) is 0 Å². The van der Waals surface area contributed by atoms with Gasteiger partial charge in [-0.1, -0.05) is 24.3 Å². The lowest BCUT2D eigenvalue weighted by molar-refractivity contribution is -0.393. The van der Waals surface area contributed by atoms with E-state index in [4.69, 9.17) is 0 Å². The minimum absolute atomic E-state index is 0.242. The lowest BCUT2D eigenvalue weighted by atomic mass is 9.94. The van der Waals surface area contributed by atoms with Gasteiger partial charge >= 0.3 is 0 Å². The minimum Gasteiger partial charge on any atom is -0.263 e. The molecule has 0 saturated heterocycles. The molecule has 0 bridgehead atoms. The van der Waals surface area contributed by atoms with Crippen molar-refractivity contribution in [2.45, 2.75) is 0 Å². The number of nitrogens with zero attached hydrogens (tertiary/aromatic N) is 4. The summed E-state index contributed by atoms with van der Waals surface area (Å²) in [6, 6.07) is 11.3. The third kappa shape index (κ3) is 2.18. The molecule has 5 rings (SSSR count). The first-order valence-electron chi connectivity index (χ1n) is 8.35. The van der Waals surface area contributed by atoms with Crippen molar-refractivity contribution in [3.05, 3.63) is 81.3 Å². The second-order valence-electron chi connectivity index (χ2n) is 6.43. The summed E-state index contributed by atoms with van der Waals surface area (Å²) < 4.78 is 0. The van der Waals surface area contributed by atoms with E-state index in [0.29, 0.717) is 5.69 Å². The average molecular weight is 370 g/mol. The predicted octanol–water partition coefficient (Wildman–Crippen LogP) is 4.86. The maximum Gasteiger partial charge on any atom is 0.285 e. The molecule has 134 valence electrons.